The minimum absolute atomic E-state index is 0.238. The average Bonchev–Trinajstić information content (AvgIpc) is 3.38. The van der Waals surface area contributed by atoms with Crippen molar-refractivity contribution in [3.63, 3.8) is 0 Å². The van der Waals surface area contributed by atoms with Gasteiger partial charge in [-0.1, -0.05) is 29.8 Å². The molecular formula is C17H12ClN5O2S2. The van der Waals surface area contributed by atoms with Crippen molar-refractivity contribution in [3.05, 3.63) is 71.1 Å². The van der Waals surface area contributed by atoms with Crippen LogP contribution in [0.5, 0.6) is 0 Å². The van der Waals surface area contributed by atoms with Crippen LogP contribution in [0.1, 0.15) is 0 Å². The summed E-state index contributed by atoms with van der Waals surface area (Å²) in [6, 6.07) is 16.8. The third-order valence-electron chi connectivity index (χ3n) is 3.74. The maximum Gasteiger partial charge on any atom is 0.278 e. The molecule has 4 rings (SSSR count). The number of halogens is 1. The highest BCUT2D eigenvalue weighted by atomic mass is 35.5. The lowest BCUT2D eigenvalue weighted by atomic mass is 10.2. The largest absolute Gasteiger partial charge is 0.278 e. The highest BCUT2D eigenvalue weighted by molar-refractivity contribution is 7.95. The zero-order valence-corrected chi connectivity index (χ0v) is 16.0. The van der Waals surface area contributed by atoms with E-state index >= 15 is 0 Å². The van der Waals surface area contributed by atoms with E-state index in [1.165, 1.54) is 4.31 Å². The smallest absolute Gasteiger partial charge is 0.234 e. The van der Waals surface area contributed by atoms with Gasteiger partial charge in [0.15, 0.2) is 0 Å². The molecule has 0 saturated carbocycles. The third kappa shape index (κ3) is 3.44. The minimum atomic E-state index is -3.82. The molecule has 10 heteroatoms. The van der Waals surface area contributed by atoms with E-state index in [0.717, 1.165) is 11.3 Å². The van der Waals surface area contributed by atoms with Crippen LogP contribution < -0.4 is 4.31 Å². The molecule has 0 aliphatic rings. The fourth-order valence-corrected chi connectivity index (χ4v) is 5.23. The number of rotatable bonds is 5. The van der Waals surface area contributed by atoms with Gasteiger partial charge in [0, 0.05) is 10.6 Å². The molecule has 0 radical (unpaired) electrons. The number of sulfonamides is 1. The van der Waals surface area contributed by atoms with Gasteiger partial charge in [0.2, 0.25) is 5.82 Å². The number of aromatic amines is 1. The molecule has 0 amide bonds. The van der Waals surface area contributed by atoms with Crippen LogP contribution in [0.3, 0.4) is 0 Å². The second-order valence-corrected chi connectivity index (χ2v) is 8.86. The van der Waals surface area contributed by atoms with E-state index in [-0.39, 0.29) is 4.21 Å². The predicted molar refractivity (Wildman–Crippen MR) is 105 cm³/mol. The maximum absolute atomic E-state index is 13.3. The van der Waals surface area contributed by atoms with Crippen LogP contribution in [-0.4, -0.2) is 29.0 Å². The summed E-state index contributed by atoms with van der Waals surface area (Å²) in [6.07, 6.45) is 0. The van der Waals surface area contributed by atoms with Gasteiger partial charge >= 0.3 is 0 Å². The van der Waals surface area contributed by atoms with Crippen LogP contribution in [0.2, 0.25) is 5.02 Å². The Morgan fingerprint density at radius 1 is 1.00 bits per heavy atom. The van der Waals surface area contributed by atoms with Gasteiger partial charge in [0.1, 0.15) is 4.21 Å². The van der Waals surface area contributed by atoms with E-state index < -0.39 is 10.0 Å². The molecule has 136 valence electrons. The van der Waals surface area contributed by atoms with E-state index in [4.69, 9.17) is 11.6 Å². The topological polar surface area (TPSA) is 91.8 Å². The zero-order chi connectivity index (χ0) is 18.9. The molecule has 0 fully saturated rings. The van der Waals surface area contributed by atoms with Gasteiger partial charge in [-0.05, 0) is 53.1 Å². The van der Waals surface area contributed by atoms with Crippen molar-refractivity contribution in [2.75, 3.05) is 4.31 Å². The number of hydrogen-bond donors (Lipinski definition) is 1. The molecule has 0 atom stereocenters. The second-order valence-electron chi connectivity index (χ2n) is 5.46. The Morgan fingerprint density at radius 2 is 1.81 bits per heavy atom. The minimum Gasteiger partial charge on any atom is -0.234 e. The van der Waals surface area contributed by atoms with Crippen LogP contribution >= 0.6 is 22.9 Å². The molecule has 0 saturated heterocycles. The quantitative estimate of drug-likeness (QED) is 0.527. The molecule has 2 aromatic heterocycles. The number of tetrazole rings is 1. The van der Waals surface area contributed by atoms with E-state index in [1.54, 1.807) is 66.0 Å². The van der Waals surface area contributed by atoms with Gasteiger partial charge in [0.25, 0.3) is 10.0 Å². The number of H-pyrrole nitrogens is 1. The molecule has 2 heterocycles. The summed E-state index contributed by atoms with van der Waals surface area (Å²) < 4.78 is 28.2. The normalized spacial score (nSPS) is 11.4. The molecule has 0 aliphatic carbocycles. The number of hydrogen-bond acceptors (Lipinski definition) is 6. The molecule has 7 nitrogen and oxygen atoms in total. The summed E-state index contributed by atoms with van der Waals surface area (Å²) in [5, 5.41) is 16.1. The van der Waals surface area contributed by atoms with Crippen LogP contribution in [0.4, 0.5) is 11.4 Å². The summed E-state index contributed by atoms with van der Waals surface area (Å²) in [4.78, 5) is 0. The molecule has 0 bridgehead atoms. The maximum atomic E-state index is 13.3. The van der Waals surface area contributed by atoms with E-state index in [2.05, 4.69) is 20.6 Å². The van der Waals surface area contributed by atoms with Gasteiger partial charge in [0.05, 0.1) is 11.4 Å². The summed E-state index contributed by atoms with van der Waals surface area (Å²) >= 11 is 7.13. The van der Waals surface area contributed by atoms with E-state index in [9.17, 15) is 8.42 Å². The van der Waals surface area contributed by atoms with Crippen LogP contribution in [0.15, 0.2) is 70.3 Å². The molecular weight excluding hydrogens is 406 g/mol. The molecule has 0 aliphatic heterocycles. The van der Waals surface area contributed by atoms with Crippen LogP contribution in [0.25, 0.3) is 11.4 Å². The van der Waals surface area contributed by atoms with Crippen molar-refractivity contribution in [3.8, 4) is 11.4 Å². The van der Waals surface area contributed by atoms with E-state index in [0.29, 0.717) is 27.8 Å². The first kappa shape index (κ1) is 17.7. The SMILES string of the molecule is O=S(=O)(c1cccs1)N(c1ccc(Cl)cc1)c1cccc(-c2nn[nH]n2)c1. The molecule has 0 unspecified atom stereocenters. The van der Waals surface area contributed by atoms with Gasteiger partial charge in [-0.25, -0.2) is 4.31 Å². The van der Waals surface area contributed by atoms with Crippen molar-refractivity contribution in [1.82, 2.24) is 20.6 Å². The van der Waals surface area contributed by atoms with Crippen LogP contribution in [0, 0.1) is 0 Å². The monoisotopic (exact) mass is 417 g/mol. The first-order valence-electron chi connectivity index (χ1n) is 7.74. The van der Waals surface area contributed by atoms with Gasteiger partial charge in [-0.2, -0.15) is 13.6 Å². The first-order chi connectivity index (χ1) is 13.1. The lowest BCUT2D eigenvalue weighted by Crippen LogP contribution is -2.25. The number of aromatic nitrogens is 4. The Bertz CT molecular complexity index is 1140. The predicted octanol–water partition coefficient (Wildman–Crippen LogP) is 4.11. The van der Waals surface area contributed by atoms with Crippen molar-refractivity contribution in [2.45, 2.75) is 4.21 Å². The van der Waals surface area contributed by atoms with E-state index in [1.807, 2.05) is 0 Å². The van der Waals surface area contributed by atoms with Gasteiger partial charge < -0.3 is 0 Å². The van der Waals surface area contributed by atoms with Gasteiger partial charge in [-0.15, -0.1) is 21.5 Å². The molecule has 1 N–H and O–H groups in total. The highest BCUT2D eigenvalue weighted by Gasteiger charge is 2.28. The van der Waals surface area contributed by atoms with Gasteiger partial charge in [-0.3, -0.25) is 0 Å². The summed E-state index contributed by atoms with van der Waals surface area (Å²) in [7, 11) is -3.82. The summed E-state index contributed by atoms with van der Waals surface area (Å²) in [5.74, 6) is 0.376. The fraction of sp³-hybridized carbons (Fsp3) is 0. The Balaban J connectivity index is 1.89. The van der Waals surface area contributed by atoms with Crippen molar-refractivity contribution in [1.29, 1.82) is 0 Å². The number of anilines is 2. The van der Waals surface area contributed by atoms with Crippen molar-refractivity contribution in [2.24, 2.45) is 0 Å². The van der Waals surface area contributed by atoms with Crippen molar-refractivity contribution >= 4 is 44.3 Å². The fourth-order valence-electron chi connectivity index (χ4n) is 2.56. The zero-order valence-electron chi connectivity index (χ0n) is 13.7. The highest BCUT2D eigenvalue weighted by Crippen LogP contribution is 2.35. The Hall–Kier alpha value is -2.75. The van der Waals surface area contributed by atoms with Crippen LogP contribution in [-0.2, 0) is 10.0 Å². The molecule has 27 heavy (non-hydrogen) atoms. The second kappa shape index (κ2) is 7.10. The Morgan fingerprint density at radius 3 is 2.48 bits per heavy atom. The summed E-state index contributed by atoms with van der Waals surface area (Å²) in [5.41, 5.74) is 1.56. The first-order valence-corrected chi connectivity index (χ1v) is 10.4. The molecule has 0 spiro atoms. The lowest BCUT2D eigenvalue weighted by Gasteiger charge is -2.24. The number of benzene rings is 2. The third-order valence-corrected chi connectivity index (χ3v) is 7.12. The average molecular weight is 418 g/mol. The Labute approximate surface area is 164 Å². The van der Waals surface area contributed by atoms with Crippen molar-refractivity contribution < 1.29 is 8.42 Å². The number of thiophene rings is 1. The lowest BCUT2D eigenvalue weighted by molar-refractivity contribution is 0.598. The molecule has 2 aromatic carbocycles. The number of nitrogens with zero attached hydrogens (tertiary/aromatic N) is 4. The Kier molecular flexibility index (Phi) is 4.65. The standard InChI is InChI=1S/C17H12ClN5O2S2/c18-13-6-8-14(9-7-13)23(27(24,25)16-5-2-10-26-16)15-4-1-3-12(11-15)17-19-21-22-20-17/h1-11H,(H,19,20,21,22). The number of nitrogens with one attached hydrogen (secondary N) is 1. The summed E-state index contributed by atoms with van der Waals surface area (Å²) in [6.45, 7) is 0. The molecule has 4 aromatic rings.